The largest absolute Gasteiger partial charge is 0.405 e. The second-order valence-electron chi connectivity index (χ2n) is 3.26. The zero-order chi connectivity index (χ0) is 10.1. The van der Waals surface area contributed by atoms with E-state index in [-0.39, 0.29) is 11.2 Å². The highest BCUT2D eigenvalue weighted by atomic mass is 32.1. The summed E-state index contributed by atoms with van der Waals surface area (Å²) in [7, 11) is 0. The summed E-state index contributed by atoms with van der Waals surface area (Å²) in [6, 6.07) is 0.258. The topological polar surface area (TPSA) is 24.1 Å². The number of nitrogens with one attached hydrogen (secondary N) is 2. The van der Waals surface area contributed by atoms with Crippen molar-refractivity contribution in [2.45, 2.75) is 25.6 Å². The predicted molar refractivity (Wildman–Crippen MR) is 47.4 cm³/mol. The summed E-state index contributed by atoms with van der Waals surface area (Å²) < 4.78 is 35.1. The van der Waals surface area contributed by atoms with E-state index in [9.17, 15) is 13.2 Å². The monoisotopic (exact) mass is 212 g/mol. The van der Waals surface area contributed by atoms with Crippen LogP contribution in [0.25, 0.3) is 0 Å². The van der Waals surface area contributed by atoms with Crippen LogP contribution in [-0.4, -0.2) is 23.9 Å². The molecule has 1 aliphatic rings. The number of hydrogen-bond donors (Lipinski definition) is 2. The SMILES string of the molecule is CC1CC1NC(=S)NCC(F)(F)F. The van der Waals surface area contributed by atoms with Crippen LogP contribution in [-0.2, 0) is 0 Å². The van der Waals surface area contributed by atoms with Gasteiger partial charge in [-0.15, -0.1) is 0 Å². The fraction of sp³-hybridized carbons (Fsp3) is 0.857. The van der Waals surface area contributed by atoms with Crippen LogP contribution in [0.3, 0.4) is 0 Å². The highest BCUT2D eigenvalue weighted by molar-refractivity contribution is 7.80. The van der Waals surface area contributed by atoms with Crippen LogP contribution in [0.15, 0.2) is 0 Å². The van der Waals surface area contributed by atoms with Gasteiger partial charge in [0, 0.05) is 6.04 Å². The number of thiocarbonyl (C=S) groups is 1. The van der Waals surface area contributed by atoms with Gasteiger partial charge in [0.15, 0.2) is 5.11 Å². The lowest BCUT2D eigenvalue weighted by Gasteiger charge is -2.11. The Morgan fingerprint density at radius 3 is 2.46 bits per heavy atom. The molecule has 13 heavy (non-hydrogen) atoms. The summed E-state index contributed by atoms with van der Waals surface area (Å²) in [5.41, 5.74) is 0. The van der Waals surface area contributed by atoms with Gasteiger partial charge in [0.25, 0.3) is 0 Å². The van der Waals surface area contributed by atoms with Crippen molar-refractivity contribution < 1.29 is 13.2 Å². The van der Waals surface area contributed by atoms with Crippen molar-refractivity contribution in [3.63, 3.8) is 0 Å². The Labute approximate surface area is 79.9 Å². The second-order valence-corrected chi connectivity index (χ2v) is 3.67. The molecule has 2 N–H and O–H groups in total. The van der Waals surface area contributed by atoms with Gasteiger partial charge < -0.3 is 10.6 Å². The molecular weight excluding hydrogens is 201 g/mol. The van der Waals surface area contributed by atoms with E-state index < -0.39 is 12.7 Å². The number of rotatable bonds is 2. The Morgan fingerprint density at radius 1 is 1.54 bits per heavy atom. The summed E-state index contributed by atoms with van der Waals surface area (Å²) in [4.78, 5) is 0. The van der Waals surface area contributed by atoms with E-state index in [1.54, 1.807) is 0 Å². The van der Waals surface area contributed by atoms with Crippen LogP contribution in [0, 0.1) is 5.92 Å². The molecule has 2 unspecified atom stereocenters. The molecule has 6 heteroatoms. The standard InChI is InChI=1S/C7H11F3N2S/c1-4-2-5(4)12-6(13)11-3-7(8,9)10/h4-5H,2-3H2,1H3,(H2,11,12,13). The first kappa shape index (κ1) is 10.6. The maximum atomic E-state index is 11.7. The lowest BCUT2D eigenvalue weighted by atomic mass is 10.5. The molecule has 0 aromatic carbocycles. The Hall–Kier alpha value is -0.520. The van der Waals surface area contributed by atoms with Gasteiger partial charge in [-0.2, -0.15) is 13.2 Å². The van der Waals surface area contributed by atoms with Crippen molar-refractivity contribution in [2.75, 3.05) is 6.54 Å². The third-order valence-corrected chi connectivity index (χ3v) is 2.14. The van der Waals surface area contributed by atoms with E-state index in [1.807, 2.05) is 6.92 Å². The summed E-state index contributed by atoms with van der Waals surface area (Å²) in [6.07, 6.45) is -3.23. The van der Waals surface area contributed by atoms with Crippen molar-refractivity contribution in [3.05, 3.63) is 0 Å². The third kappa shape index (κ3) is 4.31. The van der Waals surface area contributed by atoms with Gasteiger partial charge in [-0.25, -0.2) is 0 Å². The fourth-order valence-corrected chi connectivity index (χ4v) is 1.15. The third-order valence-electron chi connectivity index (χ3n) is 1.88. The molecule has 2 nitrogen and oxygen atoms in total. The van der Waals surface area contributed by atoms with E-state index in [0.29, 0.717) is 5.92 Å². The molecule has 0 bridgehead atoms. The minimum absolute atomic E-state index is 0.0895. The number of hydrogen-bond acceptors (Lipinski definition) is 1. The molecule has 1 aliphatic carbocycles. The molecule has 0 saturated heterocycles. The van der Waals surface area contributed by atoms with E-state index >= 15 is 0 Å². The van der Waals surface area contributed by atoms with Crippen molar-refractivity contribution in [1.82, 2.24) is 10.6 Å². The molecular formula is C7H11F3N2S. The van der Waals surface area contributed by atoms with Gasteiger partial charge in [0.05, 0.1) is 0 Å². The average Bonchev–Trinajstić information content (AvgIpc) is 2.61. The maximum Gasteiger partial charge on any atom is 0.405 e. The zero-order valence-corrected chi connectivity index (χ0v) is 7.93. The molecule has 0 amide bonds. The lowest BCUT2D eigenvalue weighted by Crippen LogP contribution is -2.41. The normalized spacial score (nSPS) is 26.8. The predicted octanol–water partition coefficient (Wildman–Crippen LogP) is 1.42. The highest BCUT2D eigenvalue weighted by Gasteiger charge is 2.33. The Balaban J connectivity index is 2.11. The molecule has 1 rings (SSSR count). The molecule has 0 heterocycles. The molecule has 0 aromatic heterocycles. The summed E-state index contributed by atoms with van der Waals surface area (Å²) in [5, 5.41) is 5.00. The van der Waals surface area contributed by atoms with Crippen molar-refractivity contribution in [2.24, 2.45) is 5.92 Å². The van der Waals surface area contributed by atoms with E-state index in [0.717, 1.165) is 6.42 Å². The first-order valence-electron chi connectivity index (χ1n) is 3.99. The Kier molecular flexibility index (Phi) is 3.00. The smallest absolute Gasteiger partial charge is 0.360 e. The zero-order valence-electron chi connectivity index (χ0n) is 7.11. The lowest BCUT2D eigenvalue weighted by molar-refractivity contribution is -0.122. The maximum absolute atomic E-state index is 11.7. The quantitative estimate of drug-likeness (QED) is 0.677. The highest BCUT2D eigenvalue weighted by Crippen LogP contribution is 2.28. The van der Waals surface area contributed by atoms with Crippen LogP contribution in [0.2, 0.25) is 0 Å². The average molecular weight is 212 g/mol. The van der Waals surface area contributed by atoms with E-state index in [4.69, 9.17) is 0 Å². The molecule has 1 saturated carbocycles. The van der Waals surface area contributed by atoms with Gasteiger partial charge in [-0.3, -0.25) is 0 Å². The molecule has 2 atom stereocenters. The molecule has 0 radical (unpaired) electrons. The summed E-state index contributed by atoms with van der Waals surface area (Å²) in [5.74, 6) is 0.519. The molecule has 0 aliphatic heterocycles. The first-order valence-corrected chi connectivity index (χ1v) is 4.40. The molecule has 0 spiro atoms. The number of halogens is 3. The molecule has 0 aromatic rings. The summed E-state index contributed by atoms with van der Waals surface area (Å²) >= 11 is 4.67. The minimum Gasteiger partial charge on any atom is -0.360 e. The van der Waals surface area contributed by atoms with E-state index in [1.165, 1.54) is 0 Å². The molecule has 1 fully saturated rings. The van der Waals surface area contributed by atoms with E-state index in [2.05, 4.69) is 22.9 Å². The van der Waals surface area contributed by atoms with Crippen LogP contribution in [0.5, 0.6) is 0 Å². The van der Waals surface area contributed by atoms with Gasteiger partial charge >= 0.3 is 6.18 Å². The van der Waals surface area contributed by atoms with Crippen molar-refractivity contribution in [1.29, 1.82) is 0 Å². The van der Waals surface area contributed by atoms with Crippen LogP contribution < -0.4 is 10.6 Å². The van der Waals surface area contributed by atoms with Crippen molar-refractivity contribution >= 4 is 17.3 Å². The van der Waals surface area contributed by atoms with Crippen LogP contribution in [0.4, 0.5) is 13.2 Å². The first-order chi connectivity index (χ1) is 5.88. The number of alkyl halides is 3. The second kappa shape index (κ2) is 3.69. The molecule has 76 valence electrons. The van der Waals surface area contributed by atoms with Gasteiger partial charge in [0.2, 0.25) is 0 Å². The van der Waals surface area contributed by atoms with Crippen LogP contribution >= 0.6 is 12.2 Å². The Bertz CT molecular complexity index is 204. The fourth-order valence-electron chi connectivity index (χ4n) is 0.923. The van der Waals surface area contributed by atoms with Gasteiger partial charge in [-0.05, 0) is 24.6 Å². The minimum atomic E-state index is -4.21. The Morgan fingerprint density at radius 2 is 2.08 bits per heavy atom. The van der Waals surface area contributed by atoms with Crippen LogP contribution in [0.1, 0.15) is 13.3 Å². The van der Waals surface area contributed by atoms with Gasteiger partial charge in [0.1, 0.15) is 6.54 Å². The van der Waals surface area contributed by atoms with Crippen molar-refractivity contribution in [3.8, 4) is 0 Å². The van der Waals surface area contributed by atoms with Gasteiger partial charge in [-0.1, -0.05) is 6.92 Å². The summed E-state index contributed by atoms with van der Waals surface area (Å²) in [6.45, 7) is 0.948.